The van der Waals surface area contributed by atoms with E-state index in [1.165, 1.54) is 0 Å². The lowest BCUT2D eigenvalue weighted by Gasteiger charge is -2.00. The van der Waals surface area contributed by atoms with Gasteiger partial charge in [0.1, 0.15) is 6.17 Å². The molecule has 16 heavy (non-hydrogen) atoms. The second-order valence-electron chi connectivity index (χ2n) is 3.76. The van der Waals surface area contributed by atoms with Gasteiger partial charge in [0.2, 0.25) is 11.7 Å². The Morgan fingerprint density at radius 2 is 2.50 bits per heavy atom. The van der Waals surface area contributed by atoms with E-state index < -0.39 is 6.17 Å². The molecule has 3 rings (SSSR count). The van der Waals surface area contributed by atoms with Crippen LogP contribution in [0.15, 0.2) is 21.3 Å². The highest BCUT2D eigenvalue weighted by molar-refractivity contribution is 7.08. The number of hydrogen-bond donors (Lipinski definition) is 1. The van der Waals surface area contributed by atoms with Gasteiger partial charge in [0.15, 0.2) is 0 Å². The van der Waals surface area contributed by atoms with Crippen LogP contribution in [0, 0.1) is 0 Å². The molecule has 1 aliphatic rings. The summed E-state index contributed by atoms with van der Waals surface area (Å²) in [5.74, 6) is 1.04. The van der Waals surface area contributed by atoms with Gasteiger partial charge < -0.3 is 9.84 Å². The van der Waals surface area contributed by atoms with Gasteiger partial charge in [-0.1, -0.05) is 5.16 Å². The molecule has 6 heteroatoms. The summed E-state index contributed by atoms with van der Waals surface area (Å²) in [6.07, 6.45) is -0.410. The van der Waals surface area contributed by atoms with Crippen molar-refractivity contribution in [1.82, 2.24) is 15.5 Å². The van der Waals surface area contributed by atoms with Crippen molar-refractivity contribution in [2.45, 2.75) is 18.6 Å². The molecule has 0 amide bonds. The van der Waals surface area contributed by atoms with Crippen LogP contribution in [0.5, 0.6) is 0 Å². The summed E-state index contributed by atoms with van der Waals surface area (Å²) in [4.78, 5) is 4.27. The summed E-state index contributed by atoms with van der Waals surface area (Å²) >= 11 is 1.58. The maximum atomic E-state index is 13.0. The molecule has 0 spiro atoms. The van der Waals surface area contributed by atoms with Gasteiger partial charge in [-0.05, 0) is 11.4 Å². The van der Waals surface area contributed by atoms with Gasteiger partial charge in [-0.25, -0.2) is 4.39 Å². The second kappa shape index (κ2) is 3.95. The molecule has 4 nitrogen and oxygen atoms in total. The molecule has 0 bridgehead atoms. The molecule has 2 atom stereocenters. The van der Waals surface area contributed by atoms with E-state index in [1.54, 1.807) is 11.3 Å². The van der Waals surface area contributed by atoms with E-state index in [2.05, 4.69) is 15.5 Å². The van der Waals surface area contributed by atoms with Crippen LogP contribution in [0.25, 0.3) is 11.4 Å². The van der Waals surface area contributed by atoms with Crippen molar-refractivity contribution in [3.63, 3.8) is 0 Å². The largest absolute Gasteiger partial charge is 0.337 e. The molecule has 0 unspecified atom stereocenters. The molecule has 2 aromatic rings. The zero-order valence-electron chi connectivity index (χ0n) is 8.39. The molecule has 0 radical (unpaired) electrons. The molecule has 1 aliphatic heterocycles. The van der Waals surface area contributed by atoms with E-state index in [0.717, 1.165) is 5.56 Å². The van der Waals surface area contributed by atoms with E-state index in [9.17, 15) is 4.39 Å². The number of hydrogen-bond acceptors (Lipinski definition) is 5. The van der Waals surface area contributed by atoms with E-state index >= 15 is 0 Å². The Balaban J connectivity index is 1.83. The lowest BCUT2D eigenvalue weighted by atomic mass is 10.2. The molecule has 1 saturated heterocycles. The fraction of sp³-hybridized carbons (Fsp3) is 0.400. The summed E-state index contributed by atoms with van der Waals surface area (Å²) in [6.45, 7) is 0.362. The van der Waals surface area contributed by atoms with Crippen LogP contribution >= 0.6 is 11.3 Å². The van der Waals surface area contributed by atoms with Gasteiger partial charge in [-0.2, -0.15) is 16.3 Å². The molecule has 2 aromatic heterocycles. The maximum Gasteiger partial charge on any atom is 0.244 e. The number of alkyl halides is 1. The second-order valence-corrected chi connectivity index (χ2v) is 4.54. The smallest absolute Gasteiger partial charge is 0.244 e. The van der Waals surface area contributed by atoms with Crippen molar-refractivity contribution in [2.75, 3.05) is 6.54 Å². The topological polar surface area (TPSA) is 51.0 Å². The molecule has 3 heterocycles. The third-order valence-electron chi connectivity index (χ3n) is 2.60. The fourth-order valence-electron chi connectivity index (χ4n) is 1.77. The number of rotatable bonds is 2. The van der Waals surface area contributed by atoms with Gasteiger partial charge >= 0.3 is 0 Å². The van der Waals surface area contributed by atoms with Crippen molar-refractivity contribution in [2.24, 2.45) is 0 Å². The number of aromatic nitrogens is 2. The maximum absolute atomic E-state index is 13.0. The van der Waals surface area contributed by atoms with Crippen molar-refractivity contribution >= 4 is 11.3 Å². The van der Waals surface area contributed by atoms with Crippen LogP contribution in [0.2, 0.25) is 0 Å². The summed E-state index contributed by atoms with van der Waals surface area (Å²) in [5, 5.41) is 10.8. The molecular formula is C10H10FN3OS. The first kappa shape index (κ1) is 9.92. The standard InChI is InChI=1S/C10H10FN3OS/c11-7-3-8(12-4-7)10-13-9(14-15-10)6-1-2-16-5-6/h1-2,5,7-8,12H,3-4H2/t7-,8-/m1/s1. The number of halogens is 1. The lowest BCUT2D eigenvalue weighted by Crippen LogP contribution is -2.14. The SMILES string of the molecule is F[C@H]1CN[C@@H](c2nc(-c3ccsc3)no2)C1. The lowest BCUT2D eigenvalue weighted by molar-refractivity contribution is 0.324. The highest BCUT2D eigenvalue weighted by Gasteiger charge is 2.29. The van der Waals surface area contributed by atoms with E-state index in [-0.39, 0.29) is 6.04 Å². The molecule has 1 fully saturated rings. The molecule has 0 aliphatic carbocycles. The first-order chi connectivity index (χ1) is 7.83. The number of thiophene rings is 1. The van der Waals surface area contributed by atoms with Gasteiger partial charge in [0.25, 0.3) is 0 Å². The van der Waals surface area contributed by atoms with Gasteiger partial charge in [0, 0.05) is 23.9 Å². The highest BCUT2D eigenvalue weighted by atomic mass is 32.1. The van der Waals surface area contributed by atoms with Gasteiger partial charge in [-0.3, -0.25) is 0 Å². The Morgan fingerprint density at radius 1 is 1.56 bits per heavy atom. The zero-order valence-corrected chi connectivity index (χ0v) is 9.21. The summed E-state index contributed by atoms with van der Waals surface area (Å²) in [5.41, 5.74) is 0.940. The van der Waals surface area contributed by atoms with Crippen molar-refractivity contribution in [1.29, 1.82) is 0 Å². The third-order valence-corrected chi connectivity index (χ3v) is 3.28. The highest BCUT2D eigenvalue weighted by Crippen LogP contribution is 2.26. The minimum absolute atomic E-state index is 0.144. The first-order valence-corrected chi connectivity index (χ1v) is 6.01. The predicted molar refractivity (Wildman–Crippen MR) is 57.9 cm³/mol. The monoisotopic (exact) mass is 239 g/mol. The van der Waals surface area contributed by atoms with Crippen molar-refractivity contribution in [3.8, 4) is 11.4 Å². The fourth-order valence-corrected chi connectivity index (χ4v) is 2.40. The van der Waals surface area contributed by atoms with E-state index in [4.69, 9.17) is 4.52 Å². The van der Waals surface area contributed by atoms with Gasteiger partial charge in [0.05, 0.1) is 6.04 Å². The van der Waals surface area contributed by atoms with Crippen LogP contribution in [0.3, 0.4) is 0 Å². The van der Waals surface area contributed by atoms with E-state index in [0.29, 0.717) is 24.7 Å². The molecule has 1 N–H and O–H groups in total. The Morgan fingerprint density at radius 3 is 3.19 bits per heavy atom. The van der Waals surface area contributed by atoms with Crippen LogP contribution in [0.4, 0.5) is 4.39 Å². The molecule has 0 aromatic carbocycles. The van der Waals surface area contributed by atoms with E-state index in [1.807, 2.05) is 16.8 Å². The Labute approximate surface area is 95.5 Å². The van der Waals surface area contributed by atoms with Crippen molar-refractivity contribution in [3.05, 3.63) is 22.7 Å². The third kappa shape index (κ3) is 1.74. The average Bonchev–Trinajstić information content (AvgIpc) is 2.97. The minimum atomic E-state index is -0.818. The first-order valence-electron chi connectivity index (χ1n) is 5.06. The molecular weight excluding hydrogens is 229 g/mol. The summed E-state index contributed by atoms with van der Waals surface area (Å²) in [7, 11) is 0. The average molecular weight is 239 g/mol. The summed E-state index contributed by atoms with van der Waals surface area (Å²) in [6, 6.07) is 1.79. The normalized spacial score (nSPS) is 25.1. The van der Waals surface area contributed by atoms with Gasteiger partial charge in [-0.15, -0.1) is 0 Å². The quantitative estimate of drug-likeness (QED) is 0.872. The minimum Gasteiger partial charge on any atom is -0.337 e. The van der Waals surface area contributed by atoms with Crippen LogP contribution < -0.4 is 5.32 Å². The van der Waals surface area contributed by atoms with Crippen LogP contribution in [0.1, 0.15) is 18.4 Å². The molecule has 84 valence electrons. The Hall–Kier alpha value is -1.27. The Kier molecular flexibility index (Phi) is 2.45. The zero-order chi connectivity index (χ0) is 11.0. The Bertz CT molecular complexity index is 470. The molecule has 0 saturated carbocycles. The number of nitrogens with one attached hydrogen (secondary N) is 1. The predicted octanol–water partition coefficient (Wildman–Crippen LogP) is 2.17. The summed E-state index contributed by atoms with van der Waals surface area (Å²) < 4.78 is 18.1. The van der Waals surface area contributed by atoms with Crippen LogP contribution in [-0.4, -0.2) is 22.9 Å². The number of nitrogens with zero attached hydrogens (tertiary/aromatic N) is 2. The van der Waals surface area contributed by atoms with Crippen molar-refractivity contribution < 1.29 is 8.91 Å². The van der Waals surface area contributed by atoms with Crippen LogP contribution in [-0.2, 0) is 0 Å².